The molecular weight excluding hydrogens is 340 g/mol. The molecule has 0 saturated carbocycles. The van der Waals surface area contributed by atoms with Crippen LogP contribution in [0, 0.1) is 0 Å². The minimum atomic E-state index is -0.196. The lowest BCUT2D eigenvalue weighted by Gasteiger charge is -2.20. The molecule has 0 unspecified atom stereocenters. The Bertz CT molecular complexity index is 777. The van der Waals surface area contributed by atoms with Gasteiger partial charge in [0.2, 0.25) is 0 Å². The molecule has 25 heavy (non-hydrogen) atoms. The molecule has 0 fully saturated rings. The van der Waals surface area contributed by atoms with Gasteiger partial charge in [-0.3, -0.25) is 4.79 Å². The summed E-state index contributed by atoms with van der Waals surface area (Å²) in [5.74, 6) is 0.816. The first kappa shape index (κ1) is 17.6. The zero-order valence-corrected chi connectivity index (χ0v) is 15.1. The first-order valence-electron chi connectivity index (χ1n) is 8.13. The van der Waals surface area contributed by atoms with Gasteiger partial charge in [0.25, 0.3) is 5.91 Å². The molecule has 0 radical (unpaired) electrons. The SMILES string of the molecule is CN(C)Cc1ccccc1CNC(=O)c1cc(Cl)c2c(c1)OCCO2. The quantitative estimate of drug-likeness (QED) is 0.890. The first-order valence-corrected chi connectivity index (χ1v) is 8.51. The summed E-state index contributed by atoms with van der Waals surface area (Å²) in [5.41, 5.74) is 2.74. The van der Waals surface area contributed by atoms with Crippen LogP contribution in [0.4, 0.5) is 0 Å². The highest BCUT2D eigenvalue weighted by Gasteiger charge is 2.19. The predicted molar refractivity (Wildman–Crippen MR) is 97.4 cm³/mol. The van der Waals surface area contributed by atoms with Crippen molar-refractivity contribution < 1.29 is 14.3 Å². The molecule has 132 valence electrons. The molecule has 1 N–H and O–H groups in total. The summed E-state index contributed by atoms with van der Waals surface area (Å²) in [5, 5.41) is 3.34. The monoisotopic (exact) mass is 360 g/mol. The van der Waals surface area contributed by atoms with Crippen LogP contribution in [0.2, 0.25) is 5.02 Å². The van der Waals surface area contributed by atoms with Crippen LogP contribution in [-0.2, 0) is 13.1 Å². The van der Waals surface area contributed by atoms with Crippen LogP contribution >= 0.6 is 11.6 Å². The van der Waals surface area contributed by atoms with Crippen molar-refractivity contribution in [2.45, 2.75) is 13.1 Å². The van der Waals surface area contributed by atoms with Gasteiger partial charge in [-0.2, -0.15) is 0 Å². The Morgan fingerprint density at radius 3 is 2.64 bits per heavy atom. The number of fused-ring (bicyclic) bond motifs is 1. The molecule has 1 aliphatic heterocycles. The Morgan fingerprint density at radius 1 is 1.16 bits per heavy atom. The van der Waals surface area contributed by atoms with E-state index in [-0.39, 0.29) is 5.91 Å². The summed E-state index contributed by atoms with van der Waals surface area (Å²) in [7, 11) is 4.04. The van der Waals surface area contributed by atoms with Gasteiger partial charge < -0.3 is 19.7 Å². The molecule has 2 aromatic rings. The number of halogens is 1. The lowest BCUT2D eigenvalue weighted by Crippen LogP contribution is -2.24. The highest BCUT2D eigenvalue weighted by Crippen LogP contribution is 2.38. The van der Waals surface area contributed by atoms with Crippen LogP contribution < -0.4 is 14.8 Å². The van der Waals surface area contributed by atoms with Crippen LogP contribution in [0.25, 0.3) is 0 Å². The van der Waals surface area contributed by atoms with E-state index in [0.717, 1.165) is 12.1 Å². The fraction of sp³-hybridized carbons (Fsp3) is 0.316. The molecule has 1 heterocycles. The standard InChI is InChI=1S/C19H21ClN2O3/c1-22(2)12-14-6-4-3-5-13(14)11-21-19(23)15-9-16(20)18-17(10-15)24-7-8-25-18/h3-6,9-10H,7-8,11-12H2,1-2H3,(H,21,23). The molecule has 0 aromatic heterocycles. The molecule has 1 amide bonds. The van der Waals surface area contributed by atoms with E-state index in [1.165, 1.54) is 5.56 Å². The Balaban J connectivity index is 1.72. The van der Waals surface area contributed by atoms with Gasteiger partial charge in [0.1, 0.15) is 13.2 Å². The van der Waals surface area contributed by atoms with Gasteiger partial charge in [0.05, 0.1) is 5.02 Å². The Labute approximate surface area is 152 Å². The summed E-state index contributed by atoms with van der Waals surface area (Å²) in [6, 6.07) is 11.3. The molecule has 0 spiro atoms. The number of hydrogen-bond donors (Lipinski definition) is 1. The fourth-order valence-electron chi connectivity index (χ4n) is 2.74. The van der Waals surface area contributed by atoms with Gasteiger partial charge in [-0.1, -0.05) is 35.9 Å². The van der Waals surface area contributed by atoms with Crippen molar-refractivity contribution >= 4 is 17.5 Å². The van der Waals surface area contributed by atoms with Crippen LogP contribution in [-0.4, -0.2) is 38.1 Å². The number of nitrogens with one attached hydrogen (secondary N) is 1. The highest BCUT2D eigenvalue weighted by molar-refractivity contribution is 6.32. The number of nitrogens with zero attached hydrogens (tertiary/aromatic N) is 1. The van der Waals surface area contributed by atoms with Crippen molar-refractivity contribution in [1.82, 2.24) is 10.2 Å². The zero-order valence-electron chi connectivity index (χ0n) is 14.3. The van der Waals surface area contributed by atoms with E-state index in [1.54, 1.807) is 12.1 Å². The third-order valence-electron chi connectivity index (χ3n) is 3.90. The Morgan fingerprint density at radius 2 is 1.88 bits per heavy atom. The number of carbonyl (C=O) groups excluding carboxylic acids is 1. The van der Waals surface area contributed by atoms with Crippen LogP contribution in [0.15, 0.2) is 36.4 Å². The van der Waals surface area contributed by atoms with Gasteiger partial charge >= 0.3 is 0 Å². The summed E-state index contributed by atoms with van der Waals surface area (Å²) in [4.78, 5) is 14.6. The van der Waals surface area contributed by atoms with Crippen LogP contribution in [0.1, 0.15) is 21.5 Å². The van der Waals surface area contributed by atoms with Gasteiger partial charge in [-0.25, -0.2) is 0 Å². The van der Waals surface area contributed by atoms with Crippen molar-refractivity contribution in [2.75, 3.05) is 27.3 Å². The number of hydrogen-bond acceptors (Lipinski definition) is 4. The Kier molecular flexibility index (Phi) is 5.46. The second kappa shape index (κ2) is 7.76. The Hall–Kier alpha value is -2.24. The normalized spacial score (nSPS) is 13.0. The minimum Gasteiger partial charge on any atom is -0.486 e. The van der Waals surface area contributed by atoms with E-state index in [1.807, 2.05) is 32.3 Å². The largest absolute Gasteiger partial charge is 0.486 e. The van der Waals surface area contributed by atoms with Crippen molar-refractivity contribution in [2.24, 2.45) is 0 Å². The van der Waals surface area contributed by atoms with Crippen molar-refractivity contribution in [3.63, 3.8) is 0 Å². The molecule has 0 aliphatic carbocycles. The number of amides is 1. The molecular formula is C19H21ClN2O3. The van der Waals surface area contributed by atoms with Gasteiger partial charge in [-0.15, -0.1) is 0 Å². The highest BCUT2D eigenvalue weighted by atomic mass is 35.5. The van der Waals surface area contributed by atoms with E-state index >= 15 is 0 Å². The maximum atomic E-state index is 12.5. The van der Waals surface area contributed by atoms with Crippen molar-refractivity contribution in [1.29, 1.82) is 0 Å². The van der Waals surface area contributed by atoms with Gasteiger partial charge in [-0.05, 0) is 37.4 Å². The lowest BCUT2D eigenvalue weighted by atomic mass is 10.1. The number of rotatable bonds is 5. The molecule has 2 aromatic carbocycles. The molecule has 0 saturated heterocycles. The maximum Gasteiger partial charge on any atom is 0.251 e. The average molecular weight is 361 g/mol. The number of carbonyl (C=O) groups is 1. The second-order valence-corrected chi connectivity index (χ2v) is 6.58. The topological polar surface area (TPSA) is 50.8 Å². The fourth-order valence-corrected chi connectivity index (χ4v) is 3.01. The average Bonchev–Trinajstić information content (AvgIpc) is 2.60. The molecule has 6 heteroatoms. The van der Waals surface area contributed by atoms with E-state index in [2.05, 4.69) is 16.3 Å². The molecule has 3 rings (SSSR count). The summed E-state index contributed by atoms with van der Waals surface area (Å²) in [6.45, 7) is 2.18. The van der Waals surface area contributed by atoms with Crippen LogP contribution in [0.3, 0.4) is 0 Å². The summed E-state index contributed by atoms with van der Waals surface area (Å²) in [6.07, 6.45) is 0. The van der Waals surface area contributed by atoms with Gasteiger partial charge in [0, 0.05) is 18.7 Å². The lowest BCUT2D eigenvalue weighted by molar-refractivity contribution is 0.0949. The smallest absolute Gasteiger partial charge is 0.251 e. The number of ether oxygens (including phenoxy) is 2. The minimum absolute atomic E-state index is 0.196. The van der Waals surface area contributed by atoms with E-state index in [4.69, 9.17) is 21.1 Å². The van der Waals surface area contributed by atoms with Crippen molar-refractivity contribution in [3.05, 3.63) is 58.1 Å². The third kappa shape index (κ3) is 4.24. The predicted octanol–water partition coefficient (Wildman–Crippen LogP) is 3.10. The molecule has 0 atom stereocenters. The summed E-state index contributed by atoms with van der Waals surface area (Å²) >= 11 is 6.20. The van der Waals surface area contributed by atoms with E-state index < -0.39 is 0 Å². The van der Waals surface area contributed by atoms with E-state index in [9.17, 15) is 4.79 Å². The molecule has 0 bridgehead atoms. The zero-order chi connectivity index (χ0) is 17.8. The van der Waals surface area contributed by atoms with Crippen LogP contribution in [0.5, 0.6) is 11.5 Å². The number of benzene rings is 2. The second-order valence-electron chi connectivity index (χ2n) is 6.17. The summed E-state index contributed by atoms with van der Waals surface area (Å²) < 4.78 is 11.0. The van der Waals surface area contributed by atoms with E-state index in [0.29, 0.717) is 41.8 Å². The van der Waals surface area contributed by atoms with Gasteiger partial charge in [0.15, 0.2) is 11.5 Å². The first-order chi connectivity index (χ1) is 12.0. The third-order valence-corrected chi connectivity index (χ3v) is 4.18. The molecule has 1 aliphatic rings. The molecule has 5 nitrogen and oxygen atoms in total. The maximum absolute atomic E-state index is 12.5. The van der Waals surface area contributed by atoms with Crippen molar-refractivity contribution in [3.8, 4) is 11.5 Å².